The number of aliphatic carboxylic acids is 1. The molecule has 0 saturated heterocycles. The van der Waals surface area contributed by atoms with Gasteiger partial charge in [0.25, 0.3) is 0 Å². The number of carbonyl (C=O) groups excluding carboxylic acids is 2. The van der Waals surface area contributed by atoms with Gasteiger partial charge in [0, 0.05) is 12.8 Å². The van der Waals surface area contributed by atoms with Crippen LogP contribution in [0.2, 0.25) is 0 Å². The fraction of sp³-hybridized carbons (Fsp3) is 0.625. The van der Waals surface area contributed by atoms with E-state index < -0.39 is 30.6 Å². The van der Waals surface area contributed by atoms with Crippen molar-refractivity contribution < 1.29 is 34.4 Å². The first-order valence-corrected chi connectivity index (χ1v) is 4.22. The molecule has 0 aliphatic carbocycles. The van der Waals surface area contributed by atoms with Crippen molar-refractivity contribution in [2.75, 3.05) is 6.61 Å². The van der Waals surface area contributed by atoms with Crippen molar-refractivity contribution in [3.8, 4) is 0 Å². The molecule has 0 radical (unpaired) electrons. The summed E-state index contributed by atoms with van der Waals surface area (Å²) in [5, 5.41) is 25.3. The molecule has 0 saturated carbocycles. The molecule has 0 rings (SSSR count). The van der Waals surface area contributed by atoms with Gasteiger partial charge in [-0.1, -0.05) is 0 Å². The molecule has 7 nitrogen and oxygen atoms in total. The molecule has 1 atom stereocenters. The summed E-state index contributed by atoms with van der Waals surface area (Å²) in [5.41, 5.74) is 0. The summed E-state index contributed by atoms with van der Waals surface area (Å²) < 4.78 is 4.10. The molecule has 0 amide bonds. The largest absolute Gasteiger partial charge is 0.481 e. The average Bonchev–Trinajstić information content (AvgIpc) is 2.15. The van der Waals surface area contributed by atoms with E-state index >= 15 is 0 Å². The van der Waals surface area contributed by atoms with E-state index in [-0.39, 0.29) is 19.3 Å². The number of hydrogen-bond donors (Lipinski definition) is 3. The summed E-state index contributed by atoms with van der Waals surface area (Å²) in [7, 11) is 0. The summed E-state index contributed by atoms with van der Waals surface area (Å²) in [6.07, 6.45) is -2.12. The predicted octanol–water partition coefficient (Wildman–Crippen LogP) is -1.34. The molecule has 0 aromatic heterocycles. The lowest BCUT2D eigenvalue weighted by Crippen LogP contribution is -2.28. The van der Waals surface area contributed by atoms with Gasteiger partial charge >= 0.3 is 17.9 Å². The number of aliphatic hydroxyl groups excluding tert-OH is 2. The first kappa shape index (κ1) is 13.5. The summed E-state index contributed by atoms with van der Waals surface area (Å²) in [5.74, 6) is -3.21. The standard InChI is InChI=1S/C8H12O7/c9-4-5(10)8(14)15-7(13)3-1-2-6(11)12/h5,9-10H,1-4H2,(H,11,12). The van der Waals surface area contributed by atoms with Crippen LogP contribution in [0.4, 0.5) is 0 Å². The molecule has 0 bridgehead atoms. The molecule has 1 unspecified atom stereocenters. The van der Waals surface area contributed by atoms with Crippen molar-refractivity contribution in [1.29, 1.82) is 0 Å². The Kier molecular flexibility index (Phi) is 6.23. The molecular formula is C8H12O7. The molecule has 0 aliphatic rings. The van der Waals surface area contributed by atoms with Gasteiger partial charge in [0.05, 0.1) is 6.61 Å². The number of esters is 2. The van der Waals surface area contributed by atoms with Gasteiger partial charge in [-0.3, -0.25) is 9.59 Å². The number of carboxylic acids is 1. The third-order valence-electron chi connectivity index (χ3n) is 1.43. The lowest BCUT2D eigenvalue weighted by atomic mass is 10.2. The average molecular weight is 220 g/mol. The monoisotopic (exact) mass is 220 g/mol. The molecule has 86 valence electrons. The van der Waals surface area contributed by atoms with Gasteiger partial charge in [0.15, 0.2) is 6.10 Å². The van der Waals surface area contributed by atoms with E-state index in [0.29, 0.717) is 0 Å². The van der Waals surface area contributed by atoms with Gasteiger partial charge in [-0.15, -0.1) is 0 Å². The van der Waals surface area contributed by atoms with Gasteiger partial charge in [-0.25, -0.2) is 4.79 Å². The first-order valence-electron chi connectivity index (χ1n) is 4.22. The van der Waals surface area contributed by atoms with Crippen LogP contribution in [0.1, 0.15) is 19.3 Å². The Bertz CT molecular complexity index is 247. The quantitative estimate of drug-likeness (QED) is 0.374. The molecule has 0 aliphatic heterocycles. The fourth-order valence-electron chi connectivity index (χ4n) is 0.690. The van der Waals surface area contributed by atoms with Crippen LogP contribution in [0.25, 0.3) is 0 Å². The Labute approximate surface area is 85.3 Å². The maximum Gasteiger partial charge on any atom is 0.345 e. The second kappa shape index (κ2) is 6.91. The second-order valence-corrected chi connectivity index (χ2v) is 2.74. The highest BCUT2D eigenvalue weighted by Gasteiger charge is 2.18. The Morgan fingerprint density at radius 1 is 1.20 bits per heavy atom. The highest BCUT2D eigenvalue weighted by molar-refractivity contribution is 5.87. The first-order chi connectivity index (χ1) is 6.97. The van der Waals surface area contributed by atoms with Crippen molar-refractivity contribution in [1.82, 2.24) is 0 Å². The van der Waals surface area contributed by atoms with Gasteiger partial charge in [-0.05, 0) is 6.42 Å². The summed E-state index contributed by atoms with van der Waals surface area (Å²) in [6.45, 7) is -0.832. The second-order valence-electron chi connectivity index (χ2n) is 2.74. The molecule has 0 spiro atoms. The van der Waals surface area contributed by atoms with Crippen LogP contribution in [0.15, 0.2) is 0 Å². The van der Waals surface area contributed by atoms with E-state index in [0.717, 1.165) is 0 Å². The van der Waals surface area contributed by atoms with E-state index in [1.165, 1.54) is 0 Å². The zero-order chi connectivity index (χ0) is 11.8. The molecule has 0 heterocycles. The number of carbonyl (C=O) groups is 3. The maximum atomic E-state index is 10.8. The van der Waals surface area contributed by atoms with Gasteiger partial charge in [0.1, 0.15) is 0 Å². The molecule has 7 heteroatoms. The zero-order valence-corrected chi connectivity index (χ0v) is 7.88. The molecular weight excluding hydrogens is 208 g/mol. The lowest BCUT2D eigenvalue weighted by Gasteiger charge is -2.05. The minimum atomic E-state index is -1.74. The molecule has 0 aromatic rings. The van der Waals surface area contributed by atoms with E-state index in [1.54, 1.807) is 0 Å². The van der Waals surface area contributed by atoms with Crippen molar-refractivity contribution in [2.24, 2.45) is 0 Å². The Balaban J connectivity index is 3.74. The SMILES string of the molecule is O=C(O)CCCC(=O)OC(=O)C(O)CO. The van der Waals surface area contributed by atoms with Crippen molar-refractivity contribution in [3.05, 3.63) is 0 Å². The van der Waals surface area contributed by atoms with Crippen LogP contribution in [-0.4, -0.2) is 45.9 Å². The number of hydrogen-bond acceptors (Lipinski definition) is 6. The van der Waals surface area contributed by atoms with Crippen LogP contribution >= 0.6 is 0 Å². The van der Waals surface area contributed by atoms with E-state index in [1.807, 2.05) is 0 Å². The molecule has 0 fully saturated rings. The van der Waals surface area contributed by atoms with Gasteiger partial charge in [0.2, 0.25) is 0 Å². The van der Waals surface area contributed by atoms with E-state index in [9.17, 15) is 14.4 Å². The summed E-state index contributed by atoms with van der Waals surface area (Å²) >= 11 is 0. The van der Waals surface area contributed by atoms with Crippen molar-refractivity contribution in [2.45, 2.75) is 25.4 Å². The summed E-state index contributed by atoms with van der Waals surface area (Å²) in [6, 6.07) is 0. The summed E-state index contributed by atoms with van der Waals surface area (Å²) in [4.78, 5) is 31.6. The topological polar surface area (TPSA) is 121 Å². The van der Waals surface area contributed by atoms with Crippen LogP contribution < -0.4 is 0 Å². The highest BCUT2D eigenvalue weighted by Crippen LogP contribution is 1.99. The third kappa shape index (κ3) is 6.58. The van der Waals surface area contributed by atoms with Crippen LogP contribution in [0, 0.1) is 0 Å². The van der Waals surface area contributed by atoms with Crippen LogP contribution in [0.3, 0.4) is 0 Å². The minimum Gasteiger partial charge on any atom is -0.481 e. The van der Waals surface area contributed by atoms with Crippen molar-refractivity contribution >= 4 is 17.9 Å². The maximum absolute atomic E-state index is 10.8. The fourth-order valence-corrected chi connectivity index (χ4v) is 0.690. The highest BCUT2D eigenvalue weighted by atomic mass is 16.6. The van der Waals surface area contributed by atoms with Crippen LogP contribution in [-0.2, 0) is 19.1 Å². The minimum absolute atomic E-state index is 0.0522. The molecule has 15 heavy (non-hydrogen) atoms. The zero-order valence-electron chi connectivity index (χ0n) is 7.88. The Morgan fingerprint density at radius 3 is 2.27 bits per heavy atom. The molecule has 3 N–H and O–H groups in total. The normalized spacial score (nSPS) is 11.9. The van der Waals surface area contributed by atoms with Crippen molar-refractivity contribution in [3.63, 3.8) is 0 Å². The number of rotatable bonds is 6. The smallest absolute Gasteiger partial charge is 0.345 e. The number of aliphatic hydroxyl groups is 2. The van der Waals surface area contributed by atoms with Gasteiger partial charge in [-0.2, -0.15) is 0 Å². The third-order valence-corrected chi connectivity index (χ3v) is 1.43. The van der Waals surface area contributed by atoms with E-state index in [2.05, 4.69) is 4.74 Å². The van der Waals surface area contributed by atoms with E-state index in [4.69, 9.17) is 15.3 Å². The van der Waals surface area contributed by atoms with Gasteiger partial charge < -0.3 is 20.1 Å². The predicted molar refractivity (Wildman–Crippen MR) is 45.7 cm³/mol. The molecule has 0 aromatic carbocycles. The Morgan fingerprint density at radius 2 is 1.80 bits per heavy atom. The lowest BCUT2D eigenvalue weighted by molar-refractivity contribution is -0.167. The Hall–Kier alpha value is -1.47. The number of ether oxygens (including phenoxy) is 1. The number of carboxylic acid groups (broad SMARTS) is 1. The van der Waals surface area contributed by atoms with Crippen LogP contribution in [0.5, 0.6) is 0 Å².